The average molecular weight is 260 g/mol. The molecule has 1 saturated carbocycles. The van der Waals surface area contributed by atoms with Crippen LogP contribution in [0.1, 0.15) is 42.3 Å². The van der Waals surface area contributed by atoms with Gasteiger partial charge in [-0.1, -0.05) is 36.3 Å². The molecule has 0 aromatic carbocycles. The Kier molecular flexibility index (Phi) is 3.82. The molecular formula is C11H14ClNO2S. The highest BCUT2D eigenvalue weighted by molar-refractivity contribution is 7.15. The maximum Gasteiger partial charge on any atom is 0.275 e. The van der Waals surface area contributed by atoms with Crippen molar-refractivity contribution in [3.8, 4) is 5.19 Å². The van der Waals surface area contributed by atoms with Crippen molar-refractivity contribution >= 4 is 29.2 Å². The monoisotopic (exact) mass is 259 g/mol. The second-order valence-corrected chi connectivity index (χ2v) is 5.62. The Morgan fingerprint density at radius 2 is 2.38 bits per heavy atom. The molecule has 1 aromatic heterocycles. The van der Waals surface area contributed by atoms with Crippen molar-refractivity contribution in [3.05, 3.63) is 10.0 Å². The predicted octanol–water partition coefficient (Wildman–Crippen LogP) is 3.57. The summed E-state index contributed by atoms with van der Waals surface area (Å²) in [5.41, 5.74) is 0. The van der Waals surface area contributed by atoms with Crippen LogP contribution >= 0.6 is 22.9 Å². The number of aldehydes is 1. The lowest BCUT2D eigenvalue weighted by Crippen LogP contribution is -2.23. The lowest BCUT2D eigenvalue weighted by atomic mass is 9.89. The van der Waals surface area contributed by atoms with Crippen molar-refractivity contribution in [2.45, 2.75) is 38.7 Å². The lowest BCUT2D eigenvalue weighted by molar-refractivity contribution is 0.112. The van der Waals surface area contributed by atoms with Crippen molar-refractivity contribution in [1.29, 1.82) is 0 Å². The van der Waals surface area contributed by atoms with Crippen molar-refractivity contribution in [2.75, 3.05) is 0 Å². The summed E-state index contributed by atoms with van der Waals surface area (Å²) in [5, 5.41) is 0.769. The van der Waals surface area contributed by atoms with Crippen molar-refractivity contribution in [3.63, 3.8) is 0 Å². The number of hydrogen-bond acceptors (Lipinski definition) is 4. The van der Waals surface area contributed by atoms with E-state index in [2.05, 4.69) is 11.9 Å². The summed E-state index contributed by atoms with van der Waals surface area (Å²) in [6.07, 6.45) is 5.55. The minimum Gasteiger partial charge on any atom is -0.467 e. The van der Waals surface area contributed by atoms with Gasteiger partial charge in [-0.05, 0) is 25.2 Å². The molecule has 3 nitrogen and oxygen atoms in total. The van der Waals surface area contributed by atoms with Gasteiger partial charge in [-0.2, -0.15) is 4.98 Å². The van der Waals surface area contributed by atoms with E-state index in [9.17, 15) is 4.79 Å². The third-order valence-corrected chi connectivity index (χ3v) is 4.12. The summed E-state index contributed by atoms with van der Waals surface area (Å²) in [5.74, 6) is 0.708. The maximum absolute atomic E-state index is 10.6. The van der Waals surface area contributed by atoms with Crippen molar-refractivity contribution in [2.24, 2.45) is 5.92 Å². The molecule has 0 radical (unpaired) electrons. The summed E-state index contributed by atoms with van der Waals surface area (Å²) >= 11 is 7.00. The van der Waals surface area contributed by atoms with Gasteiger partial charge in [-0.3, -0.25) is 4.79 Å². The number of rotatable bonds is 3. The molecular weight excluding hydrogens is 246 g/mol. The van der Waals surface area contributed by atoms with Gasteiger partial charge in [0.15, 0.2) is 11.4 Å². The van der Waals surface area contributed by atoms with Crippen LogP contribution in [-0.4, -0.2) is 17.4 Å². The van der Waals surface area contributed by atoms with Crippen LogP contribution in [0.4, 0.5) is 0 Å². The maximum atomic E-state index is 10.6. The number of halogens is 1. The van der Waals surface area contributed by atoms with Gasteiger partial charge in [0.2, 0.25) is 0 Å². The molecule has 1 heterocycles. The SMILES string of the molecule is CC1CCCC(Oc2nc(Cl)c(C=O)s2)C1. The summed E-state index contributed by atoms with van der Waals surface area (Å²) in [6, 6.07) is 0. The van der Waals surface area contributed by atoms with Crippen molar-refractivity contribution in [1.82, 2.24) is 4.98 Å². The Morgan fingerprint density at radius 1 is 1.56 bits per heavy atom. The van der Waals surface area contributed by atoms with Gasteiger partial charge in [0.1, 0.15) is 11.0 Å². The van der Waals surface area contributed by atoms with Gasteiger partial charge >= 0.3 is 0 Å². The molecule has 5 heteroatoms. The third-order valence-electron chi connectivity index (χ3n) is 2.85. The summed E-state index contributed by atoms with van der Waals surface area (Å²) in [4.78, 5) is 15.1. The van der Waals surface area contributed by atoms with Crippen LogP contribution in [0.15, 0.2) is 0 Å². The van der Waals surface area contributed by atoms with E-state index in [0.29, 0.717) is 16.0 Å². The molecule has 1 fully saturated rings. The van der Waals surface area contributed by atoms with E-state index in [1.165, 1.54) is 24.2 Å². The van der Waals surface area contributed by atoms with E-state index in [4.69, 9.17) is 16.3 Å². The second-order valence-electron chi connectivity index (χ2n) is 4.26. The van der Waals surface area contributed by atoms with Crippen LogP contribution < -0.4 is 4.74 Å². The molecule has 88 valence electrons. The predicted molar refractivity (Wildman–Crippen MR) is 64.6 cm³/mol. The van der Waals surface area contributed by atoms with E-state index in [-0.39, 0.29) is 11.3 Å². The fraction of sp³-hybridized carbons (Fsp3) is 0.636. The molecule has 0 saturated heterocycles. The van der Waals surface area contributed by atoms with E-state index in [1.807, 2.05) is 0 Å². The van der Waals surface area contributed by atoms with E-state index >= 15 is 0 Å². The molecule has 1 aliphatic carbocycles. The Bertz CT molecular complexity index is 380. The first-order valence-electron chi connectivity index (χ1n) is 5.47. The van der Waals surface area contributed by atoms with Crippen LogP contribution in [0.2, 0.25) is 5.15 Å². The molecule has 2 atom stereocenters. The summed E-state index contributed by atoms with van der Waals surface area (Å²) in [7, 11) is 0. The molecule has 2 unspecified atom stereocenters. The van der Waals surface area contributed by atoms with Gasteiger partial charge in [-0.25, -0.2) is 0 Å². The molecule has 0 spiro atoms. The molecule has 0 amide bonds. The highest BCUT2D eigenvalue weighted by atomic mass is 35.5. The van der Waals surface area contributed by atoms with E-state index in [0.717, 1.165) is 19.1 Å². The first-order chi connectivity index (χ1) is 7.69. The minimum atomic E-state index is 0.227. The van der Waals surface area contributed by atoms with Crippen LogP contribution in [-0.2, 0) is 0 Å². The zero-order valence-corrected chi connectivity index (χ0v) is 10.7. The number of ether oxygens (including phenoxy) is 1. The molecule has 0 N–H and O–H groups in total. The zero-order valence-electron chi connectivity index (χ0n) is 9.11. The smallest absolute Gasteiger partial charge is 0.275 e. The van der Waals surface area contributed by atoms with Gasteiger partial charge in [-0.15, -0.1) is 0 Å². The van der Waals surface area contributed by atoms with Crippen LogP contribution in [0.3, 0.4) is 0 Å². The van der Waals surface area contributed by atoms with Gasteiger partial charge in [0, 0.05) is 0 Å². The fourth-order valence-corrected chi connectivity index (χ4v) is 3.02. The number of carbonyl (C=O) groups excluding carboxylic acids is 1. The third kappa shape index (κ3) is 2.74. The van der Waals surface area contributed by atoms with Gasteiger partial charge < -0.3 is 4.74 Å². The Balaban J connectivity index is 2.00. The molecule has 2 rings (SSSR count). The Labute approximate surface area is 104 Å². The highest BCUT2D eigenvalue weighted by Gasteiger charge is 2.22. The average Bonchev–Trinajstić information content (AvgIpc) is 2.58. The summed E-state index contributed by atoms with van der Waals surface area (Å²) in [6.45, 7) is 2.24. The molecule has 0 aliphatic heterocycles. The van der Waals surface area contributed by atoms with Crippen LogP contribution in [0, 0.1) is 5.92 Å². The summed E-state index contributed by atoms with van der Waals surface area (Å²) < 4.78 is 5.75. The van der Waals surface area contributed by atoms with E-state index in [1.54, 1.807) is 0 Å². The number of nitrogens with zero attached hydrogens (tertiary/aromatic N) is 1. The van der Waals surface area contributed by atoms with Crippen molar-refractivity contribution < 1.29 is 9.53 Å². The first kappa shape index (κ1) is 11.9. The lowest BCUT2D eigenvalue weighted by Gasteiger charge is -2.26. The molecule has 0 bridgehead atoms. The largest absolute Gasteiger partial charge is 0.467 e. The van der Waals surface area contributed by atoms with Gasteiger partial charge in [0.25, 0.3) is 5.19 Å². The van der Waals surface area contributed by atoms with Crippen LogP contribution in [0.25, 0.3) is 0 Å². The highest BCUT2D eigenvalue weighted by Crippen LogP contribution is 2.31. The number of hydrogen-bond donors (Lipinski definition) is 0. The second kappa shape index (κ2) is 5.15. The zero-order chi connectivity index (χ0) is 11.5. The Morgan fingerprint density at radius 3 is 3.00 bits per heavy atom. The number of thiazole rings is 1. The van der Waals surface area contributed by atoms with Crippen LogP contribution in [0.5, 0.6) is 5.19 Å². The van der Waals surface area contributed by atoms with E-state index < -0.39 is 0 Å². The normalized spacial score (nSPS) is 25.4. The topological polar surface area (TPSA) is 39.2 Å². The molecule has 16 heavy (non-hydrogen) atoms. The standard InChI is InChI=1S/C11H14ClNO2S/c1-7-3-2-4-8(5-7)15-11-13-10(12)9(6-14)16-11/h6-8H,2-5H2,1H3. The van der Waals surface area contributed by atoms with Gasteiger partial charge in [0.05, 0.1) is 0 Å². The fourth-order valence-electron chi connectivity index (χ4n) is 2.05. The number of carbonyl (C=O) groups is 1. The quantitative estimate of drug-likeness (QED) is 0.779. The molecule has 1 aromatic rings. The first-order valence-corrected chi connectivity index (χ1v) is 6.66. The Hall–Kier alpha value is -0.610. The minimum absolute atomic E-state index is 0.227. The number of aromatic nitrogens is 1. The molecule has 1 aliphatic rings.